The maximum atomic E-state index is 12.7. The smallest absolute Gasteiger partial charge is 0.167 e. The first kappa shape index (κ1) is 15.9. The standard InChI is InChI=1S/C20H24N2O/c1-14-4-5-15(10-11-21-14)16-8-9-19-17(12-16)6-7-18(20(19)23)13-22(2)3/h4-5,8-12,14,18H,6-7,13H2,1-3H3. The number of aliphatic imine (C=N–C) groups is 1. The SMILES string of the molecule is CC1C=CC(c2ccc3c(c2)CCC(CN(C)C)C3=O)=CC=N1. The molecular weight excluding hydrogens is 284 g/mol. The molecule has 1 aromatic rings. The summed E-state index contributed by atoms with van der Waals surface area (Å²) in [7, 11) is 4.05. The molecule has 0 aromatic heterocycles. The minimum atomic E-state index is 0.133. The van der Waals surface area contributed by atoms with Crippen LogP contribution < -0.4 is 0 Å². The predicted molar refractivity (Wildman–Crippen MR) is 96.2 cm³/mol. The van der Waals surface area contributed by atoms with Gasteiger partial charge >= 0.3 is 0 Å². The van der Waals surface area contributed by atoms with Crippen molar-refractivity contribution < 1.29 is 4.79 Å². The van der Waals surface area contributed by atoms with Gasteiger partial charge in [-0.15, -0.1) is 0 Å². The normalized spacial score (nSPS) is 23.7. The van der Waals surface area contributed by atoms with Crippen LogP contribution in [-0.4, -0.2) is 43.6 Å². The van der Waals surface area contributed by atoms with Crippen molar-refractivity contribution in [1.29, 1.82) is 0 Å². The van der Waals surface area contributed by atoms with Crippen molar-refractivity contribution in [1.82, 2.24) is 4.90 Å². The number of ketones is 1. The summed E-state index contributed by atoms with van der Waals surface area (Å²) in [6.45, 7) is 2.91. The highest BCUT2D eigenvalue weighted by Gasteiger charge is 2.27. The van der Waals surface area contributed by atoms with Crippen LogP contribution in [-0.2, 0) is 6.42 Å². The molecule has 0 amide bonds. The van der Waals surface area contributed by atoms with Crippen molar-refractivity contribution in [3.63, 3.8) is 0 Å². The maximum absolute atomic E-state index is 12.7. The third-order valence-electron chi connectivity index (χ3n) is 4.55. The van der Waals surface area contributed by atoms with E-state index in [1.54, 1.807) is 0 Å². The first-order valence-corrected chi connectivity index (χ1v) is 8.28. The van der Waals surface area contributed by atoms with Crippen LogP contribution in [0.1, 0.15) is 34.8 Å². The van der Waals surface area contributed by atoms with Gasteiger partial charge in [0.15, 0.2) is 5.78 Å². The molecule has 3 heteroatoms. The second kappa shape index (κ2) is 6.63. The molecule has 1 aliphatic carbocycles. The quantitative estimate of drug-likeness (QED) is 0.857. The molecule has 23 heavy (non-hydrogen) atoms. The van der Waals surface area contributed by atoms with Gasteiger partial charge in [-0.3, -0.25) is 9.79 Å². The van der Waals surface area contributed by atoms with Gasteiger partial charge in [0.05, 0.1) is 6.04 Å². The number of Topliss-reactive ketones (excluding diaryl/α,β-unsaturated/α-hetero) is 1. The first-order chi connectivity index (χ1) is 11.0. The molecule has 3 rings (SSSR count). The molecular formula is C20H24N2O. The Bertz CT molecular complexity index is 698. The predicted octanol–water partition coefficient (Wildman–Crippen LogP) is 3.41. The van der Waals surface area contributed by atoms with Crippen LogP contribution in [0.2, 0.25) is 0 Å². The Kier molecular flexibility index (Phi) is 4.58. The topological polar surface area (TPSA) is 32.7 Å². The Morgan fingerprint density at radius 1 is 1.30 bits per heavy atom. The molecule has 120 valence electrons. The molecule has 0 saturated carbocycles. The molecule has 0 bridgehead atoms. The van der Waals surface area contributed by atoms with Crippen LogP contribution in [0.4, 0.5) is 0 Å². The highest BCUT2D eigenvalue weighted by Crippen LogP contribution is 2.29. The molecule has 1 heterocycles. The zero-order valence-electron chi connectivity index (χ0n) is 14.1. The van der Waals surface area contributed by atoms with E-state index in [0.717, 1.165) is 30.5 Å². The van der Waals surface area contributed by atoms with E-state index >= 15 is 0 Å². The molecule has 1 aliphatic heterocycles. The number of rotatable bonds is 3. The molecule has 0 fully saturated rings. The zero-order valence-corrected chi connectivity index (χ0v) is 14.1. The van der Waals surface area contributed by atoms with Crippen molar-refractivity contribution in [3.05, 3.63) is 53.1 Å². The van der Waals surface area contributed by atoms with Gasteiger partial charge in [0.2, 0.25) is 0 Å². The molecule has 0 radical (unpaired) electrons. The van der Waals surface area contributed by atoms with E-state index in [2.05, 4.69) is 41.1 Å². The maximum Gasteiger partial charge on any atom is 0.167 e. The molecule has 0 saturated heterocycles. The lowest BCUT2D eigenvalue weighted by Gasteiger charge is -2.26. The van der Waals surface area contributed by atoms with Gasteiger partial charge < -0.3 is 4.90 Å². The number of aryl methyl sites for hydroxylation is 1. The van der Waals surface area contributed by atoms with Crippen LogP contribution in [0.25, 0.3) is 5.57 Å². The molecule has 3 nitrogen and oxygen atoms in total. The number of benzene rings is 1. The minimum Gasteiger partial charge on any atom is -0.309 e. The van der Waals surface area contributed by atoms with E-state index in [1.165, 1.54) is 11.1 Å². The van der Waals surface area contributed by atoms with Crippen molar-refractivity contribution in [2.24, 2.45) is 10.9 Å². The molecule has 2 unspecified atom stereocenters. The molecule has 1 aromatic carbocycles. The second-order valence-electron chi connectivity index (χ2n) is 6.75. The van der Waals surface area contributed by atoms with E-state index in [9.17, 15) is 4.79 Å². The third-order valence-corrected chi connectivity index (χ3v) is 4.55. The Morgan fingerprint density at radius 3 is 2.91 bits per heavy atom. The van der Waals surface area contributed by atoms with Gasteiger partial charge in [0, 0.05) is 24.2 Å². The fraction of sp³-hybridized carbons (Fsp3) is 0.400. The number of carbonyl (C=O) groups is 1. The average molecular weight is 308 g/mol. The number of hydrogen-bond donors (Lipinski definition) is 0. The lowest BCUT2D eigenvalue weighted by Crippen LogP contribution is -2.31. The lowest BCUT2D eigenvalue weighted by atomic mass is 9.81. The summed E-state index contributed by atoms with van der Waals surface area (Å²) in [6.07, 6.45) is 10.1. The van der Waals surface area contributed by atoms with Gasteiger partial charge in [-0.05, 0) is 56.6 Å². The van der Waals surface area contributed by atoms with Gasteiger partial charge in [-0.2, -0.15) is 0 Å². The highest BCUT2D eigenvalue weighted by atomic mass is 16.1. The van der Waals surface area contributed by atoms with Crippen molar-refractivity contribution in [2.75, 3.05) is 20.6 Å². The average Bonchev–Trinajstić information content (AvgIpc) is 2.74. The van der Waals surface area contributed by atoms with Crippen LogP contribution in [0.5, 0.6) is 0 Å². The van der Waals surface area contributed by atoms with E-state index in [4.69, 9.17) is 0 Å². The number of carbonyl (C=O) groups excluding carboxylic acids is 1. The Balaban J connectivity index is 1.87. The molecule has 2 aliphatic rings. The van der Waals surface area contributed by atoms with E-state index in [1.807, 2.05) is 32.5 Å². The molecule has 2 atom stereocenters. The fourth-order valence-corrected chi connectivity index (χ4v) is 3.32. The minimum absolute atomic E-state index is 0.133. The summed E-state index contributed by atoms with van der Waals surface area (Å²) in [6, 6.07) is 6.47. The number of allylic oxidation sites excluding steroid dienone is 3. The Hall–Kier alpha value is -2.00. The van der Waals surface area contributed by atoms with Crippen molar-refractivity contribution >= 4 is 17.6 Å². The van der Waals surface area contributed by atoms with Crippen molar-refractivity contribution in [3.8, 4) is 0 Å². The zero-order chi connectivity index (χ0) is 16.4. The highest BCUT2D eigenvalue weighted by molar-refractivity contribution is 6.01. The van der Waals surface area contributed by atoms with Gasteiger partial charge in [-0.25, -0.2) is 0 Å². The summed E-state index contributed by atoms with van der Waals surface area (Å²) in [4.78, 5) is 19.2. The van der Waals surface area contributed by atoms with Crippen LogP contribution in [0.15, 0.2) is 41.4 Å². The largest absolute Gasteiger partial charge is 0.309 e. The monoisotopic (exact) mass is 308 g/mol. The summed E-state index contributed by atoms with van der Waals surface area (Å²) < 4.78 is 0. The van der Waals surface area contributed by atoms with Crippen LogP contribution in [0, 0.1) is 5.92 Å². The van der Waals surface area contributed by atoms with E-state index < -0.39 is 0 Å². The second-order valence-corrected chi connectivity index (χ2v) is 6.75. The van der Waals surface area contributed by atoms with Crippen LogP contribution in [0.3, 0.4) is 0 Å². The number of hydrogen-bond acceptors (Lipinski definition) is 3. The third kappa shape index (κ3) is 3.50. The van der Waals surface area contributed by atoms with Crippen molar-refractivity contribution in [2.45, 2.75) is 25.8 Å². The van der Waals surface area contributed by atoms with Gasteiger partial charge in [0.25, 0.3) is 0 Å². The number of nitrogens with zero attached hydrogens (tertiary/aromatic N) is 2. The molecule has 0 N–H and O–H groups in total. The van der Waals surface area contributed by atoms with Gasteiger partial charge in [-0.1, -0.05) is 30.4 Å². The Morgan fingerprint density at radius 2 is 2.13 bits per heavy atom. The fourth-order valence-electron chi connectivity index (χ4n) is 3.32. The van der Waals surface area contributed by atoms with E-state index in [-0.39, 0.29) is 12.0 Å². The lowest BCUT2D eigenvalue weighted by molar-refractivity contribution is 0.0877. The summed E-state index contributed by atoms with van der Waals surface area (Å²) in [5, 5.41) is 0. The summed E-state index contributed by atoms with van der Waals surface area (Å²) in [5.74, 6) is 0.431. The van der Waals surface area contributed by atoms with Gasteiger partial charge in [0.1, 0.15) is 0 Å². The summed E-state index contributed by atoms with van der Waals surface area (Å²) >= 11 is 0. The molecule has 0 spiro atoms. The summed E-state index contributed by atoms with van der Waals surface area (Å²) in [5.41, 5.74) is 4.42. The number of fused-ring (bicyclic) bond motifs is 1. The Labute approximate surface area is 138 Å². The first-order valence-electron chi connectivity index (χ1n) is 8.28. The van der Waals surface area contributed by atoms with Crippen LogP contribution >= 0.6 is 0 Å². The van der Waals surface area contributed by atoms with E-state index in [0.29, 0.717) is 5.78 Å².